The number of hydrogen-bond acceptors (Lipinski definition) is 5. The zero-order chi connectivity index (χ0) is 19.0. The Balaban J connectivity index is 1.84. The Kier molecular flexibility index (Phi) is 4.55. The Morgan fingerprint density at radius 3 is 2.85 bits per heavy atom. The van der Waals surface area contributed by atoms with Gasteiger partial charge in [-0.3, -0.25) is 4.79 Å². The summed E-state index contributed by atoms with van der Waals surface area (Å²) in [6.45, 7) is 0. The molecule has 1 aliphatic rings. The molecule has 0 bridgehead atoms. The number of nitrogens with zero attached hydrogens (tertiary/aromatic N) is 5. The standard InChI is InChI=1S/C19H24N6O2/c1-24(2)19-14(17-13-7-8-20-18(13)22-11-21-17)10-23-25(19)15(9-16(26)27)12-5-3-4-6-12/h7-8,10-12,15H,3-6,9H2,1-2H3,(H,26,27)(H,20,21,22)/t15-/m1/s1. The topological polar surface area (TPSA) is 99.9 Å². The highest BCUT2D eigenvalue weighted by atomic mass is 16.4. The molecule has 1 fully saturated rings. The van der Waals surface area contributed by atoms with Crippen molar-refractivity contribution in [3.05, 3.63) is 24.8 Å². The summed E-state index contributed by atoms with van der Waals surface area (Å²) >= 11 is 0. The SMILES string of the molecule is CN(C)c1c(-c2ncnc3[nH]ccc23)cnn1[C@H](CC(=O)O)C1CCCC1. The van der Waals surface area contributed by atoms with E-state index in [9.17, 15) is 9.90 Å². The summed E-state index contributed by atoms with van der Waals surface area (Å²) in [5.41, 5.74) is 2.47. The van der Waals surface area contributed by atoms with Gasteiger partial charge in [-0.1, -0.05) is 12.8 Å². The van der Waals surface area contributed by atoms with Crippen LogP contribution >= 0.6 is 0 Å². The van der Waals surface area contributed by atoms with E-state index in [0.29, 0.717) is 5.92 Å². The third-order valence-corrected chi connectivity index (χ3v) is 5.44. The smallest absolute Gasteiger partial charge is 0.305 e. The van der Waals surface area contributed by atoms with Crippen molar-refractivity contribution in [2.75, 3.05) is 19.0 Å². The van der Waals surface area contributed by atoms with Crippen LogP contribution in [0.1, 0.15) is 38.1 Å². The number of anilines is 1. The molecule has 0 unspecified atom stereocenters. The van der Waals surface area contributed by atoms with E-state index >= 15 is 0 Å². The Bertz CT molecular complexity index is 954. The predicted molar refractivity (Wildman–Crippen MR) is 103 cm³/mol. The summed E-state index contributed by atoms with van der Waals surface area (Å²) in [4.78, 5) is 25.4. The van der Waals surface area contributed by atoms with Gasteiger partial charge in [0.05, 0.1) is 29.9 Å². The summed E-state index contributed by atoms with van der Waals surface area (Å²) < 4.78 is 1.90. The third kappa shape index (κ3) is 3.15. The van der Waals surface area contributed by atoms with Gasteiger partial charge in [-0.15, -0.1) is 0 Å². The second-order valence-corrected chi connectivity index (χ2v) is 7.39. The maximum atomic E-state index is 11.6. The van der Waals surface area contributed by atoms with E-state index in [0.717, 1.165) is 53.8 Å². The van der Waals surface area contributed by atoms with Crippen LogP contribution in [0.4, 0.5) is 5.82 Å². The van der Waals surface area contributed by atoms with Crippen LogP contribution in [0.5, 0.6) is 0 Å². The molecule has 1 aliphatic carbocycles. The molecule has 2 N–H and O–H groups in total. The highest BCUT2D eigenvalue weighted by Crippen LogP contribution is 2.41. The van der Waals surface area contributed by atoms with Gasteiger partial charge in [0, 0.05) is 25.7 Å². The van der Waals surface area contributed by atoms with Crippen molar-refractivity contribution in [2.45, 2.75) is 38.1 Å². The lowest BCUT2D eigenvalue weighted by atomic mass is 9.95. The molecule has 0 radical (unpaired) electrons. The van der Waals surface area contributed by atoms with E-state index in [2.05, 4.69) is 20.1 Å². The third-order valence-electron chi connectivity index (χ3n) is 5.44. The minimum atomic E-state index is -0.788. The lowest BCUT2D eigenvalue weighted by Crippen LogP contribution is -2.26. The normalized spacial score (nSPS) is 16.1. The second kappa shape index (κ2) is 7.02. The predicted octanol–water partition coefficient (Wildman–Crippen LogP) is 3.09. The lowest BCUT2D eigenvalue weighted by Gasteiger charge is -2.27. The Hall–Kier alpha value is -2.90. The second-order valence-electron chi connectivity index (χ2n) is 7.39. The molecule has 0 saturated heterocycles. The quantitative estimate of drug-likeness (QED) is 0.693. The number of carboxylic acids is 1. The van der Waals surface area contributed by atoms with Crippen LogP contribution in [0.15, 0.2) is 24.8 Å². The summed E-state index contributed by atoms with van der Waals surface area (Å²) in [7, 11) is 3.91. The van der Waals surface area contributed by atoms with Crippen molar-refractivity contribution in [3.63, 3.8) is 0 Å². The summed E-state index contributed by atoms with van der Waals surface area (Å²) in [6.07, 6.45) is 9.67. The molecule has 8 nitrogen and oxygen atoms in total. The summed E-state index contributed by atoms with van der Waals surface area (Å²) in [6, 6.07) is 1.80. The molecule has 0 aliphatic heterocycles. The first-order valence-electron chi connectivity index (χ1n) is 9.31. The molecule has 0 amide bonds. The first-order chi connectivity index (χ1) is 13.1. The number of rotatable bonds is 6. The van der Waals surface area contributed by atoms with Crippen molar-refractivity contribution in [2.24, 2.45) is 5.92 Å². The molecule has 3 aromatic heterocycles. The van der Waals surface area contributed by atoms with Gasteiger partial charge in [-0.2, -0.15) is 5.10 Å². The van der Waals surface area contributed by atoms with Crippen molar-refractivity contribution < 1.29 is 9.90 Å². The van der Waals surface area contributed by atoms with Gasteiger partial charge in [0.2, 0.25) is 0 Å². The lowest BCUT2D eigenvalue weighted by molar-refractivity contribution is -0.138. The number of aromatic nitrogens is 5. The molecule has 0 aromatic carbocycles. The van der Waals surface area contributed by atoms with E-state index in [1.807, 2.05) is 35.9 Å². The van der Waals surface area contributed by atoms with Crippen molar-refractivity contribution in [1.82, 2.24) is 24.7 Å². The van der Waals surface area contributed by atoms with Gasteiger partial charge in [-0.25, -0.2) is 14.6 Å². The highest BCUT2D eigenvalue weighted by Gasteiger charge is 2.32. The fourth-order valence-corrected chi connectivity index (χ4v) is 4.27. The maximum absolute atomic E-state index is 11.6. The van der Waals surface area contributed by atoms with E-state index in [4.69, 9.17) is 0 Å². The monoisotopic (exact) mass is 368 g/mol. The number of H-pyrrole nitrogens is 1. The molecule has 1 saturated carbocycles. The van der Waals surface area contributed by atoms with Crippen molar-refractivity contribution >= 4 is 22.8 Å². The first-order valence-corrected chi connectivity index (χ1v) is 9.31. The molecule has 3 heterocycles. The number of nitrogens with one attached hydrogen (secondary N) is 1. The maximum Gasteiger partial charge on any atom is 0.305 e. The number of carboxylic acid groups (broad SMARTS) is 1. The minimum Gasteiger partial charge on any atom is -0.481 e. The Morgan fingerprint density at radius 1 is 1.37 bits per heavy atom. The van der Waals surface area contributed by atoms with Gasteiger partial charge < -0.3 is 15.0 Å². The average molecular weight is 368 g/mol. The number of aromatic amines is 1. The Labute approximate surface area is 157 Å². The van der Waals surface area contributed by atoms with Crippen molar-refractivity contribution in [1.29, 1.82) is 0 Å². The van der Waals surface area contributed by atoms with Crippen LogP contribution in [0.25, 0.3) is 22.3 Å². The van der Waals surface area contributed by atoms with E-state index in [1.54, 1.807) is 6.20 Å². The van der Waals surface area contributed by atoms with Crippen LogP contribution in [0.3, 0.4) is 0 Å². The fraction of sp³-hybridized carbons (Fsp3) is 0.474. The number of aliphatic carboxylic acids is 1. The van der Waals surface area contributed by atoms with Crippen LogP contribution < -0.4 is 4.90 Å². The van der Waals surface area contributed by atoms with Crippen LogP contribution in [-0.4, -0.2) is 49.9 Å². The fourth-order valence-electron chi connectivity index (χ4n) is 4.27. The summed E-state index contributed by atoms with van der Waals surface area (Å²) in [5.74, 6) is 0.434. The molecule has 142 valence electrons. The molecule has 8 heteroatoms. The van der Waals surface area contributed by atoms with Gasteiger partial charge in [0.25, 0.3) is 0 Å². The molecule has 3 aromatic rings. The van der Waals surface area contributed by atoms with E-state index in [1.165, 1.54) is 6.33 Å². The number of fused-ring (bicyclic) bond motifs is 1. The molecular formula is C19H24N6O2. The van der Waals surface area contributed by atoms with Crippen LogP contribution in [-0.2, 0) is 4.79 Å². The van der Waals surface area contributed by atoms with Gasteiger partial charge in [-0.05, 0) is 24.8 Å². The minimum absolute atomic E-state index is 0.0793. The summed E-state index contributed by atoms with van der Waals surface area (Å²) in [5, 5.41) is 15.1. The largest absolute Gasteiger partial charge is 0.481 e. The van der Waals surface area contributed by atoms with Gasteiger partial charge in [0.1, 0.15) is 17.8 Å². The highest BCUT2D eigenvalue weighted by molar-refractivity contribution is 5.93. The number of hydrogen-bond donors (Lipinski definition) is 2. The van der Waals surface area contributed by atoms with Crippen LogP contribution in [0, 0.1) is 5.92 Å². The zero-order valence-corrected chi connectivity index (χ0v) is 15.6. The number of carbonyl (C=O) groups is 1. The van der Waals surface area contributed by atoms with Gasteiger partial charge >= 0.3 is 5.97 Å². The average Bonchev–Trinajstić information content (AvgIpc) is 3.38. The molecule has 27 heavy (non-hydrogen) atoms. The van der Waals surface area contributed by atoms with E-state index < -0.39 is 5.97 Å². The van der Waals surface area contributed by atoms with Gasteiger partial charge in [0.15, 0.2) is 0 Å². The molecular weight excluding hydrogens is 344 g/mol. The van der Waals surface area contributed by atoms with Crippen LogP contribution in [0.2, 0.25) is 0 Å². The Morgan fingerprint density at radius 2 is 2.15 bits per heavy atom. The first kappa shape index (κ1) is 17.5. The molecule has 1 atom stereocenters. The van der Waals surface area contributed by atoms with Crippen molar-refractivity contribution in [3.8, 4) is 11.3 Å². The van der Waals surface area contributed by atoms with E-state index in [-0.39, 0.29) is 12.5 Å². The molecule has 0 spiro atoms. The zero-order valence-electron chi connectivity index (χ0n) is 15.6. The molecule has 4 rings (SSSR count).